The highest BCUT2D eigenvalue weighted by molar-refractivity contribution is 5.54. The minimum Gasteiger partial charge on any atom is -0.493 e. The Hall–Kier alpha value is -3.16. The molecule has 0 spiro atoms. The van der Waals surface area contributed by atoms with E-state index in [1.165, 1.54) is 7.11 Å². The van der Waals surface area contributed by atoms with E-state index < -0.39 is 0 Å². The highest BCUT2D eigenvalue weighted by Crippen LogP contribution is 2.28. The van der Waals surface area contributed by atoms with E-state index in [2.05, 4.69) is 20.1 Å². The van der Waals surface area contributed by atoms with E-state index in [1.807, 2.05) is 25.1 Å². The first-order valence-electron chi connectivity index (χ1n) is 7.56. The van der Waals surface area contributed by atoms with Gasteiger partial charge in [0.25, 0.3) is 5.89 Å². The molecule has 0 aliphatic heterocycles. The SMILES string of the molecule is COc1ncc(-c2nc(Cc3ccc(OC)c(OC)c3)no2)c(C)n1. The molecule has 130 valence electrons. The van der Waals surface area contributed by atoms with Crippen LogP contribution in [0.15, 0.2) is 28.9 Å². The summed E-state index contributed by atoms with van der Waals surface area (Å²) in [5.74, 6) is 2.25. The Kier molecular flexibility index (Phi) is 4.78. The lowest BCUT2D eigenvalue weighted by Crippen LogP contribution is -1.97. The first kappa shape index (κ1) is 16.7. The maximum Gasteiger partial charge on any atom is 0.316 e. The Bertz CT molecular complexity index is 879. The van der Waals surface area contributed by atoms with Gasteiger partial charge in [-0.05, 0) is 24.6 Å². The number of rotatable bonds is 6. The van der Waals surface area contributed by atoms with E-state index in [-0.39, 0.29) is 0 Å². The maximum absolute atomic E-state index is 5.34. The zero-order valence-corrected chi connectivity index (χ0v) is 14.4. The summed E-state index contributed by atoms with van der Waals surface area (Å²) in [5, 5.41) is 4.02. The van der Waals surface area contributed by atoms with Crippen LogP contribution in [-0.4, -0.2) is 41.4 Å². The minimum absolute atomic E-state index is 0.298. The molecule has 2 aromatic heterocycles. The number of hydrogen-bond acceptors (Lipinski definition) is 8. The highest BCUT2D eigenvalue weighted by atomic mass is 16.5. The standard InChI is InChI=1S/C17H18N4O4/c1-10-12(9-18-17(19-10)24-4)16-20-15(21-25-16)8-11-5-6-13(22-2)14(7-11)23-3/h5-7,9H,8H2,1-4H3. The van der Waals surface area contributed by atoms with Gasteiger partial charge < -0.3 is 18.7 Å². The van der Waals surface area contributed by atoms with Gasteiger partial charge in [0.15, 0.2) is 17.3 Å². The predicted molar refractivity (Wildman–Crippen MR) is 89.0 cm³/mol. The molecule has 8 nitrogen and oxygen atoms in total. The second kappa shape index (κ2) is 7.16. The van der Waals surface area contributed by atoms with Crippen LogP contribution in [0.3, 0.4) is 0 Å². The number of aryl methyl sites for hydroxylation is 1. The lowest BCUT2D eigenvalue weighted by Gasteiger charge is -2.08. The minimum atomic E-state index is 0.298. The molecule has 0 aliphatic rings. The summed E-state index contributed by atoms with van der Waals surface area (Å²) >= 11 is 0. The first-order valence-corrected chi connectivity index (χ1v) is 7.56. The third-order valence-electron chi connectivity index (χ3n) is 3.65. The molecular formula is C17H18N4O4. The Morgan fingerprint density at radius 1 is 1.00 bits per heavy atom. The van der Waals surface area contributed by atoms with Gasteiger partial charge in [0.1, 0.15) is 0 Å². The van der Waals surface area contributed by atoms with Crippen molar-refractivity contribution in [1.82, 2.24) is 20.1 Å². The molecule has 2 heterocycles. The Morgan fingerprint density at radius 3 is 2.48 bits per heavy atom. The van der Waals surface area contributed by atoms with Crippen molar-refractivity contribution in [3.63, 3.8) is 0 Å². The number of benzene rings is 1. The zero-order chi connectivity index (χ0) is 17.8. The van der Waals surface area contributed by atoms with Crippen LogP contribution in [0.4, 0.5) is 0 Å². The van der Waals surface area contributed by atoms with Crippen LogP contribution in [-0.2, 0) is 6.42 Å². The molecule has 0 fully saturated rings. The quantitative estimate of drug-likeness (QED) is 0.674. The van der Waals surface area contributed by atoms with Crippen LogP contribution >= 0.6 is 0 Å². The fourth-order valence-corrected chi connectivity index (χ4v) is 2.36. The van der Waals surface area contributed by atoms with Crippen molar-refractivity contribution in [2.24, 2.45) is 0 Å². The van der Waals surface area contributed by atoms with Crippen molar-refractivity contribution < 1.29 is 18.7 Å². The van der Waals surface area contributed by atoms with E-state index >= 15 is 0 Å². The number of nitrogens with zero attached hydrogens (tertiary/aromatic N) is 4. The van der Waals surface area contributed by atoms with Gasteiger partial charge in [0.2, 0.25) is 0 Å². The van der Waals surface area contributed by atoms with Crippen molar-refractivity contribution in [3.05, 3.63) is 41.5 Å². The number of methoxy groups -OCH3 is 3. The molecule has 3 rings (SSSR count). The summed E-state index contributed by atoms with van der Waals surface area (Å²) in [6.45, 7) is 1.83. The zero-order valence-electron chi connectivity index (χ0n) is 14.4. The van der Waals surface area contributed by atoms with E-state index in [0.29, 0.717) is 46.9 Å². The van der Waals surface area contributed by atoms with Crippen LogP contribution in [0.5, 0.6) is 17.5 Å². The lowest BCUT2D eigenvalue weighted by molar-refractivity contribution is 0.354. The molecule has 1 aromatic carbocycles. The topological polar surface area (TPSA) is 92.4 Å². The number of aromatic nitrogens is 4. The van der Waals surface area contributed by atoms with Crippen molar-refractivity contribution in [3.8, 4) is 29.0 Å². The average Bonchev–Trinajstić information content (AvgIpc) is 3.09. The van der Waals surface area contributed by atoms with Crippen LogP contribution in [0.25, 0.3) is 11.5 Å². The molecule has 0 saturated heterocycles. The molecule has 25 heavy (non-hydrogen) atoms. The molecule has 8 heteroatoms. The Balaban J connectivity index is 1.82. The van der Waals surface area contributed by atoms with Crippen LogP contribution in [0, 0.1) is 6.92 Å². The molecule has 0 N–H and O–H groups in total. The van der Waals surface area contributed by atoms with E-state index in [4.69, 9.17) is 18.7 Å². The summed E-state index contributed by atoms with van der Waals surface area (Å²) in [4.78, 5) is 12.7. The second-order valence-corrected chi connectivity index (χ2v) is 5.24. The molecule has 0 unspecified atom stereocenters. The van der Waals surface area contributed by atoms with Crippen LogP contribution < -0.4 is 14.2 Å². The lowest BCUT2D eigenvalue weighted by atomic mass is 10.1. The van der Waals surface area contributed by atoms with Crippen molar-refractivity contribution in [1.29, 1.82) is 0 Å². The molecule has 0 atom stereocenters. The molecule has 0 radical (unpaired) electrons. The monoisotopic (exact) mass is 342 g/mol. The summed E-state index contributed by atoms with van der Waals surface area (Å²) < 4.78 is 20.9. The van der Waals surface area contributed by atoms with Gasteiger partial charge in [0.05, 0.1) is 32.6 Å². The Labute approximate surface area is 144 Å². The van der Waals surface area contributed by atoms with Gasteiger partial charge in [-0.2, -0.15) is 9.97 Å². The molecule has 0 bridgehead atoms. The van der Waals surface area contributed by atoms with Gasteiger partial charge in [-0.15, -0.1) is 0 Å². The Morgan fingerprint density at radius 2 is 1.80 bits per heavy atom. The summed E-state index contributed by atoms with van der Waals surface area (Å²) in [6, 6.07) is 5.96. The van der Waals surface area contributed by atoms with E-state index in [1.54, 1.807) is 20.4 Å². The van der Waals surface area contributed by atoms with Gasteiger partial charge >= 0.3 is 6.01 Å². The molecular weight excluding hydrogens is 324 g/mol. The largest absolute Gasteiger partial charge is 0.493 e. The van der Waals surface area contributed by atoms with Crippen molar-refractivity contribution >= 4 is 0 Å². The predicted octanol–water partition coefficient (Wildman–Crippen LogP) is 2.45. The molecule has 0 aliphatic carbocycles. The fourth-order valence-electron chi connectivity index (χ4n) is 2.36. The molecule has 3 aromatic rings. The van der Waals surface area contributed by atoms with Crippen molar-refractivity contribution in [2.75, 3.05) is 21.3 Å². The normalized spacial score (nSPS) is 10.6. The maximum atomic E-state index is 5.34. The van der Waals surface area contributed by atoms with Crippen LogP contribution in [0.2, 0.25) is 0 Å². The third kappa shape index (κ3) is 3.52. The molecule has 0 saturated carbocycles. The summed E-state index contributed by atoms with van der Waals surface area (Å²) in [7, 11) is 4.71. The third-order valence-corrected chi connectivity index (χ3v) is 3.65. The number of ether oxygens (including phenoxy) is 3. The average molecular weight is 342 g/mol. The van der Waals surface area contributed by atoms with Gasteiger partial charge in [-0.25, -0.2) is 4.98 Å². The number of hydrogen-bond donors (Lipinski definition) is 0. The van der Waals surface area contributed by atoms with Gasteiger partial charge in [-0.3, -0.25) is 0 Å². The highest BCUT2D eigenvalue weighted by Gasteiger charge is 2.15. The van der Waals surface area contributed by atoms with Gasteiger partial charge in [-0.1, -0.05) is 11.2 Å². The van der Waals surface area contributed by atoms with E-state index in [0.717, 1.165) is 5.56 Å². The van der Waals surface area contributed by atoms with E-state index in [9.17, 15) is 0 Å². The fraction of sp³-hybridized carbons (Fsp3) is 0.294. The second-order valence-electron chi connectivity index (χ2n) is 5.24. The summed E-state index contributed by atoms with van der Waals surface area (Å²) in [6.07, 6.45) is 2.11. The van der Waals surface area contributed by atoms with Crippen LogP contribution in [0.1, 0.15) is 17.1 Å². The van der Waals surface area contributed by atoms with Crippen molar-refractivity contribution in [2.45, 2.75) is 13.3 Å². The smallest absolute Gasteiger partial charge is 0.316 e. The molecule has 0 amide bonds. The van der Waals surface area contributed by atoms with Gasteiger partial charge in [0, 0.05) is 12.6 Å². The first-order chi connectivity index (χ1) is 12.1. The summed E-state index contributed by atoms with van der Waals surface area (Å²) in [5.41, 5.74) is 2.35.